The van der Waals surface area contributed by atoms with Crippen LogP contribution >= 0.6 is 0 Å². The third-order valence-corrected chi connectivity index (χ3v) is 5.38. The van der Waals surface area contributed by atoms with E-state index in [1.165, 1.54) is 63.4 Å². The molecule has 22 heavy (non-hydrogen) atoms. The molecule has 1 aromatic rings. The van der Waals surface area contributed by atoms with Crippen molar-refractivity contribution in [2.75, 3.05) is 32.7 Å². The van der Waals surface area contributed by atoms with Gasteiger partial charge in [0.15, 0.2) is 0 Å². The second-order valence-electron chi connectivity index (χ2n) is 7.86. The Kier molecular flexibility index (Phi) is 5.19. The van der Waals surface area contributed by atoms with Gasteiger partial charge in [-0.2, -0.15) is 5.10 Å². The molecular weight excluding hydrogens is 272 g/mol. The Hall–Kier alpha value is -0.870. The molecule has 0 spiro atoms. The molecule has 0 unspecified atom stereocenters. The van der Waals surface area contributed by atoms with E-state index in [1.807, 2.05) is 0 Å². The van der Waals surface area contributed by atoms with Crippen molar-refractivity contribution in [3.8, 4) is 0 Å². The lowest BCUT2D eigenvalue weighted by Crippen LogP contribution is -2.38. The minimum atomic E-state index is 0.802. The molecule has 0 amide bonds. The summed E-state index contributed by atoms with van der Waals surface area (Å²) in [5, 5.41) is 7.44. The Morgan fingerprint density at radius 1 is 1.14 bits per heavy atom. The molecule has 0 aliphatic carbocycles. The predicted octanol–water partition coefficient (Wildman–Crippen LogP) is 2.91. The van der Waals surface area contributed by atoms with Gasteiger partial charge in [-0.25, -0.2) is 0 Å². The van der Waals surface area contributed by atoms with E-state index < -0.39 is 0 Å². The van der Waals surface area contributed by atoms with Crippen molar-refractivity contribution < 1.29 is 0 Å². The molecule has 0 aromatic carbocycles. The van der Waals surface area contributed by atoms with Crippen LogP contribution in [0, 0.1) is 24.7 Å². The number of nitrogens with one attached hydrogen (secondary N) is 1. The highest BCUT2D eigenvalue weighted by atomic mass is 15.2. The van der Waals surface area contributed by atoms with E-state index in [4.69, 9.17) is 0 Å². The van der Waals surface area contributed by atoms with Gasteiger partial charge >= 0.3 is 0 Å². The monoisotopic (exact) mass is 304 g/mol. The number of hydrogen-bond donors (Lipinski definition) is 1. The summed E-state index contributed by atoms with van der Waals surface area (Å²) in [6, 6.07) is 2.18. The number of aromatic amines is 1. The molecule has 2 fully saturated rings. The quantitative estimate of drug-likeness (QED) is 0.908. The van der Waals surface area contributed by atoms with Gasteiger partial charge in [-0.3, -0.25) is 10.00 Å². The highest BCUT2D eigenvalue weighted by Gasteiger charge is 2.32. The molecule has 1 atom stereocenters. The molecule has 3 heterocycles. The van der Waals surface area contributed by atoms with Gasteiger partial charge < -0.3 is 4.90 Å². The zero-order valence-corrected chi connectivity index (χ0v) is 14.5. The summed E-state index contributed by atoms with van der Waals surface area (Å²) >= 11 is 0. The Bertz CT molecular complexity index is 459. The fourth-order valence-corrected chi connectivity index (χ4v) is 4.30. The number of H-pyrrole nitrogens is 1. The summed E-state index contributed by atoms with van der Waals surface area (Å²) in [4.78, 5) is 5.27. The van der Waals surface area contributed by atoms with Crippen LogP contribution in [-0.4, -0.2) is 52.7 Å². The van der Waals surface area contributed by atoms with E-state index in [9.17, 15) is 0 Å². The highest BCUT2D eigenvalue weighted by molar-refractivity contribution is 5.06. The molecular formula is C18H32N4. The first kappa shape index (κ1) is 16.0. The van der Waals surface area contributed by atoms with Crippen molar-refractivity contribution in [2.45, 2.75) is 46.6 Å². The van der Waals surface area contributed by atoms with Crippen LogP contribution in [0.15, 0.2) is 6.07 Å². The number of piperidine rings is 1. The maximum absolute atomic E-state index is 4.38. The summed E-state index contributed by atoms with van der Waals surface area (Å²) in [5.74, 6) is 2.67. The van der Waals surface area contributed by atoms with Gasteiger partial charge in [0.1, 0.15) is 0 Å². The van der Waals surface area contributed by atoms with Crippen molar-refractivity contribution in [3.63, 3.8) is 0 Å². The van der Waals surface area contributed by atoms with E-state index in [0.29, 0.717) is 0 Å². The zero-order valence-electron chi connectivity index (χ0n) is 14.5. The fraction of sp³-hybridized carbons (Fsp3) is 0.833. The molecule has 4 heteroatoms. The SMILES string of the molecule is Cc1cc(CN2CC[C@@H](C3CCN(CC(C)C)CC3)C2)n[nH]1. The summed E-state index contributed by atoms with van der Waals surface area (Å²) in [6.07, 6.45) is 4.21. The first-order valence-corrected chi connectivity index (χ1v) is 9.05. The summed E-state index contributed by atoms with van der Waals surface area (Å²) in [5.41, 5.74) is 2.37. The number of rotatable bonds is 5. The van der Waals surface area contributed by atoms with Gasteiger partial charge in [-0.1, -0.05) is 13.8 Å². The van der Waals surface area contributed by atoms with E-state index in [-0.39, 0.29) is 0 Å². The van der Waals surface area contributed by atoms with Gasteiger partial charge in [-0.05, 0) is 69.6 Å². The second-order valence-corrected chi connectivity index (χ2v) is 7.86. The van der Waals surface area contributed by atoms with Crippen LogP contribution in [0.5, 0.6) is 0 Å². The molecule has 0 bridgehead atoms. The van der Waals surface area contributed by atoms with Crippen molar-refractivity contribution in [1.29, 1.82) is 0 Å². The van der Waals surface area contributed by atoms with Gasteiger partial charge in [0, 0.05) is 25.3 Å². The maximum atomic E-state index is 4.38. The lowest BCUT2D eigenvalue weighted by molar-refractivity contribution is 0.135. The summed E-state index contributed by atoms with van der Waals surface area (Å²) in [6.45, 7) is 14.2. The van der Waals surface area contributed by atoms with Gasteiger partial charge in [-0.15, -0.1) is 0 Å². The molecule has 1 N–H and O–H groups in total. The number of likely N-dealkylation sites (tertiary alicyclic amines) is 2. The van der Waals surface area contributed by atoms with Crippen molar-refractivity contribution in [1.82, 2.24) is 20.0 Å². The van der Waals surface area contributed by atoms with E-state index in [2.05, 4.69) is 46.8 Å². The molecule has 0 saturated carbocycles. The first-order valence-electron chi connectivity index (χ1n) is 9.05. The Morgan fingerprint density at radius 3 is 2.45 bits per heavy atom. The minimum Gasteiger partial charge on any atom is -0.303 e. The number of aryl methyl sites for hydroxylation is 1. The summed E-state index contributed by atoms with van der Waals surface area (Å²) in [7, 11) is 0. The zero-order chi connectivity index (χ0) is 15.5. The predicted molar refractivity (Wildman–Crippen MR) is 90.7 cm³/mol. The molecule has 0 radical (unpaired) electrons. The average molecular weight is 304 g/mol. The van der Waals surface area contributed by atoms with Gasteiger partial charge in [0.05, 0.1) is 5.69 Å². The lowest BCUT2D eigenvalue weighted by atomic mass is 9.83. The number of hydrogen-bond acceptors (Lipinski definition) is 3. The topological polar surface area (TPSA) is 35.2 Å². The molecule has 2 aliphatic rings. The van der Waals surface area contributed by atoms with E-state index in [0.717, 1.165) is 24.3 Å². The number of aromatic nitrogens is 2. The Morgan fingerprint density at radius 2 is 1.82 bits per heavy atom. The smallest absolute Gasteiger partial charge is 0.0765 e. The first-order chi connectivity index (χ1) is 10.6. The van der Waals surface area contributed by atoms with E-state index in [1.54, 1.807) is 0 Å². The van der Waals surface area contributed by atoms with Gasteiger partial charge in [0.2, 0.25) is 0 Å². The molecule has 4 nitrogen and oxygen atoms in total. The van der Waals surface area contributed by atoms with Crippen molar-refractivity contribution in [2.24, 2.45) is 17.8 Å². The van der Waals surface area contributed by atoms with Crippen LogP contribution in [0.4, 0.5) is 0 Å². The van der Waals surface area contributed by atoms with Crippen LogP contribution in [0.25, 0.3) is 0 Å². The molecule has 2 aliphatic heterocycles. The fourth-order valence-electron chi connectivity index (χ4n) is 4.30. The third-order valence-electron chi connectivity index (χ3n) is 5.38. The molecule has 2 saturated heterocycles. The normalized spacial score (nSPS) is 25.4. The van der Waals surface area contributed by atoms with Gasteiger partial charge in [0.25, 0.3) is 0 Å². The van der Waals surface area contributed by atoms with Crippen molar-refractivity contribution >= 4 is 0 Å². The minimum absolute atomic E-state index is 0.802. The maximum Gasteiger partial charge on any atom is 0.0765 e. The highest BCUT2D eigenvalue weighted by Crippen LogP contribution is 2.32. The lowest BCUT2D eigenvalue weighted by Gasteiger charge is -2.35. The van der Waals surface area contributed by atoms with Crippen LogP contribution in [0.2, 0.25) is 0 Å². The largest absolute Gasteiger partial charge is 0.303 e. The summed E-state index contributed by atoms with van der Waals surface area (Å²) < 4.78 is 0. The average Bonchev–Trinajstić information content (AvgIpc) is 3.09. The standard InChI is InChI=1S/C18H32N4/c1-14(2)11-21-7-4-16(5-8-21)17-6-9-22(12-17)13-18-10-15(3)19-20-18/h10,14,16-17H,4-9,11-13H2,1-3H3,(H,19,20)/t17-/m1/s1. The van der Waals surface area contributed by atoms with Crippen LogP contribution in [0.3, 0.4) is 0 Å². The van der Waals surface area contributed by atoms with Crippen LogP contribution in [0.1, 0.15) is 44.5 Å². The second kappa shape index (κ2) is 7.14. The van der Waals surface area contributed by atoms with Crippen molar-refractivity contribution in [3.05, 3.63) is 17.5 Å². The molecule has 124 valence electrons. The van der Waals surface area contributed by atoms with Crippen LogP contribution in [-0.2, 0) is 6.54 Å². The molecule has 1 aromatic heterocycles. The Balaban J connectivity index is 1.43. The molecule has 3 rings (SSSR count). The Labute approximate surface area is 135 Å². The number of nitrogens with zero attached hydrogens (tertiary/aromatic N) is 3. The van der Waals surface area contributed by atoms with E-state index >= 15 is 0 Å². The van der Waals surface area contributed by atoms with Crippen LogP contribution < -0.4 is 0 Å². The third kappa shape index (κ3) is 4.11.